The summed E-state index contributed by atoms with van der Waals surface area (Å²) < 4.78 is 14.0. The van der Waals surface area contributed by atoms with Crippen LogP contribution >= 0.6 is 15.9 Å². The molecule has 0 saturated carbocycles. The van der Waals surface area contributed by atoms with E-state index < -0.39 is 11.7 Å². The van der Waals surface area contributed by atoms with E-state index in [2.05, 4.69) is 31.5 Å². The molecule has 108 valence electrons. The lowest BCUT2D eigenvalue weighted by Crippen LogP contribution is -2.13. The first-order chi connectivity index (χ1) is 9.95. The Bertz CT molecular complexity index is 706. The van der Waals surface area contributed by atoms with Crippen LogP contribution in [-0.4, -0.2) is 16.8 Å². The Morgan fingerprint density at radius 3 is 2.62 bits per heavy atom. The van der Waals surface area contributed by atoms with E-state index in [9.17, 15) is 14.0 Å². The molecule has 0 spiro atoms. The van der Waals surface area contributed by atoms with Crippen LogP contribution in [0.2, 0.25) is 0 Å². The standard InChI is InChI=1S/C14H11BrFN3O2/c1-8(20)18-12-7-10(2-3-11(12)16)19-14(21)9-4-5-17-13(15)6-9/h2-7H,1H3,(H,18,20)(H,19,21). The summed E-state index contributed by atoms with van der Waals surface area (Å²) in [6.07, 6.45) is 1.49. The van der Waals surface area contributed by atoms with Gasteiger partial charge in [0.05, 0.1) is 5.69 Å². The van der Waals surface area contributed by atoms with E-state index in [1.807, 2.05) is 0 Å². The van der Waals surface area contributed by atoms with E-state index >= 15 is 0 Å². The third-order valence-electron chi connectivity index (χ3n) is 2.52. The number of hydrogen-bond acceptors (Lipinski definition) is 3. The summed E-state index contributed by atoms with van der Waals surface area (Å²) in [6, 6.07) is 7.05. The largest absolute Gasteiger partial charge is 0.324 e. The smallest absolute Gasteiger partial charge is 0.255 e. The molecule has 0 fully saturated rings. The average molecular weight is 352 g/mol. The van der Waals surface area contributed by atoms with Crippen LogP contribution in [0.25, 0.3) is 0 Å². The van der Waals surface area contributed by atoms with Gasteiger partial charge in [0, 0.05) is 24.4 Å². The van der Waals surface area contributed by atoms with Gasteiger partial charge in [0.25, 0.3) is 5.91 Å². The molecule has 0 aliphatic carbocycles. The number of pyridine rings is 1. The highest BCUT2D eigenvalue weighted by molar-refractivity contribution is 9.10. The summed E-state index contributed by atoms with van der Waals surface area (Å²) in [5.41, 5.74) is 0.788. The van der Waals surface area contributed by atoms with E-state index in [0.717, 1.165) is 0 Å². The molecule has 5 nitrogen and oxygen atoms in total. The Morgan fingerprint density at radius 2 is 1.95 bits per heavy atom. The van der Waals surface area contributed by atoms with Crippen molar-refractivity contribution in [3.05, 3.63) is 52.5 Å². The second-order valence-corrected chi connectivity index (χ2v) is 5.01. The maximum Gasteiger partial charge on any atom is 0.255 e. The van der Waals surface area contributed by atoms with Crippen molar-refractivity contribution >= 4 is 39.1 Å². The zero-order valence-corrected chi connectivity index (χ0v) is 12.6. The Balaban J connectivity index is 2.19. The van der Waals surface area contributed by atoms with Gasteiger partial charge in [0.15, 0.2) is 0 Å². The van der Waals surface area contributed by atoms with Gasteiger partial charge in [0.2, 0.25) is 5.91 Å². The minimum absolute atomic E-state index is 0.0104. The minimum Gasteiger partial charge on any atom is -0.324 e. The van der Waals surface area contributed by atoms with Gasteiger partial charge in [-0.2, -0.15) is 0 Å². The molecule has 2 N–H and O–H groups in total. The van der Waals surface area contributed by atoms with Gasteiger partial charge in [-0.05, 0) is 46.3 Å². The van der Waals surface area contributed by atoms with Gasteiger partial charge >= 0.3 is 0 Å². The number of nitrogens with one attached hydrogen (secondary N) is 2. The molecule has 0 aliphatic rings. The van der Waals surface area contributed by atoms with Gasteiger partial charge in [-0.1, -0.05) is 0 Å². The Morgan fingerprint density at radius 1 is 1.19 bits per heavy atom. The first kappa shape index (κ1) is 15.1. The summed E-state index contributed by atoms with van der Waals surface area (Å²) in [6.45, 7) is 1.28. The number of nitrogens with zero attached hydrogens (tertiary/aromatic N) is 1. The third-order valence-corrected chi connectivity index (χ3v) is 2.96. The van der Waals surface area contributed by atoms with E-state index in [0.29, 0.717) is 15.9 Å². The molecular formula is C14H11BrFN3O2. The molecule has 2 rings (SSSR count). The van der Waals surface area contributed by atoms with Crippen LogP contribution in [0.5, 0.6) is 0 Å². The van der Waals surface area contributed by atoms with Crippen molar-refractivity contribution < 1.29 is 14.0 Å². The first-order valence-corrected chi connectivity index (χ1v) is 6.75. The lowest BCUT2D eigenvalue weighted by Gasteiger charge is -2.09. The molecule has 0 atom stereocenters. The molecule has 1 aromatic carbocycles. The fourth-order valence-electron chi connectivity index (χ4n) is 1.64. The Labute approximate surface area is 128 Å². The fourth-order valence-corrected chi connectivity index (χ4v) is 2.00. The molecule has 0 radical (unpaired) electrons. The predicted molar refractivity (Wildman–Crippen MR) is 80.6 cm³/mol. The van der Waals surface area contributed by atoms with E-state index in [1.165, 1.54) is 31.3 Å². The third kappa shape index (κ3) is 4.09. The van der Waals surface area contributed by atoms with Crippen molar-refractivity contribution in [2.24, 2.45) is 0 Å². The minimum atomic E-state index is -0.574. The van der Waals surface area contributed by atoms with Crippen LogP contribution in [0.1, 0.15) is 17.3 Å². The predicted octanol–water partition coefficient (Wildman–Crippen LogP) is 3.19. The lowest BCUT2D eigenvalue weighted by atomic mass is 10.2. The summed E-state index contributed by atoms with van der Waals surface area (Å²) in [5, 5.41) is 4.97. The van der Waals surface area contributed by atoms with Crippen LogP contribution in [0.3, 0.4) is 0 Å². The van der Waals surface area contributed by atoms with Crippen molar-refractivity contribution in [1.82, 2.24) is 4.98 Å². The topological polar surface area (TPSA) is 71.1 Å². The molecule has 1 aromatic heterocycles. The van der Waals surface area contributed by atoms with Crippen molar-refractivity contribution in [2.75, 3.05) is 10.6 Å². The van der Waals surface area contributed by atoms with E-state index in [4.69, 9.17) is 0 Å². The second-order valence-electron chi connectivity index (χ2n) is 4.20. The number of carbonyl (C=O) groups excluding carboxylic acids is 2. The molecule has 2 aromatic rings. The molecule has 0 aliphatic heterocycles. The molecule has 0 bridgehead atoms. The van der Waals surface area contributed by atoms with E-state index in [1.54, 1.807) is 12.1 Å². The molecule has 1 heterocycles. The molecule has 0 unspecified atom stereocenters. The number of halogens is 2. The number of aromatic nitrogens is 1. The first-order valence-electron chi connectivity index (χ1n) is 5.96. The van der Waals surface area contributed by atoms with Gasteiger partial charge < -0.3 is 10.6 Å². The van der Waals surface area contributed by atoms with Crippen molar-refractivity contribution in [1.29, 1.82) is 0 Å². The van der Waals surface area contributed by atoms with E-state index in [-0.39, 0.29) is 11.6 Å². The van der Waals surface area contributed by atoms with Crippen molar-refractivity contribution in [3.8, 4) is 0 Å². The van der Waals surface area contributed by atoms with Crippen LogP contribution in [0.15, 0.2) is 41.1 Å². The summed E-state index contributed by atoms with van der Waals surface area (Å²) in [5.74, 6) is -1.33. The SMILES string of the molecule is CC(=O)Nc1cc(NC(=O)c2ccnc(Br)c2)ccc1F. The van der Waals surface area contributed by atoms with Crippen LogP contribution in [0.4, 0.5) is 15.8 Å². The van der Waals surface area contributed by atoms with Gasteiger partial charge in [-0.3, -0.25) is 9.59 Å². The van der Waals surface area contributed by atoms with Crippen LogP contribution in [-0.2, 0) is 4.79 Å². The number of amides is 2. The molecule has 0 saturated heterocycles. The highest BCUT2D eigenvalue weighted by Gasteiger charge is 2.10. The molecule has 7 heteroatoms. The number of hydrogen-bond donors (Lipinski definition) is 2. The Kier molecular flexibility index (Phi) is 4.64. The molecule has 2 amide bonds. The lowest BCUT2D eigenvalue weighted by molar-refractivity contribution is -0.114. The number of anilines is 2. The number of rotatable bonds is 3. The van der Waals surface area contributed by atoms with Crippen molar-refractivity contribution in [3.63, 3.8) is 0 Å². The summed E-state index contributed by atoms with van der Waals surface area (Å²) >= 11 is 3.18. The molecule has 21 heavy (non-hydrogen) atoms. The van der Waals surface area contributed by atoms with Gasteiger partial charge in [0.1, 0.15) is 10.4 Å². The molecular weight excluding hydrogens is 341 g/mol. The van der Waals surface area contributed by atoms with Crippen LogP contribution in [0, 0.1) is 5.82 Å². The normalized spacial score (nSPS) is 10.0. The average Bonchev–Trinajstić information content (AvgIpc) is 2.42. The highest BCUT2D eigenvalue weighted by Crippen LogP contribution is 2.20. The quantitative estimate of drug-likeness (QED) is 0.834. The maximum absolute atomic E-state index is 13.5. The van der Waals surface area contributed by atoms with Crippen LogP contribution < -0.4 is 10.6 Å². The van der Waals surface area contributed by atoms with Gasteiger partial charge in [-0.25, -0.2) is 9.37 Å². The summed E-state index contributed by atoms with van der Waals surface area (Å²) in [4.78, 5) is 27.0. The maximum atomic E-state index is 13.5. The second kappa shape index (κ2) is 6.45. The monoisotopic (exact) mass is 351 g/mol. The fraction of sp³-hybridized carbons (Fsp3) is 0.0714. The number of benzene rings is 1. The Hall–Kier alpha value is -2.28. The zero-order valence-electron chi connectivity index (χ0n) is 11.0. The zero-order chi connectivity index (χ0) is 15.4. The number of carbonyl (C=O) groups is 2. The highest BCUT2D eigenvalue weighted by atomic mass is 79.9. The van der Waals surface area contributed by atoms with Crippen molar-refractivity contribution in [2.45, 2.75) is 6.92 Å². The van der Waals surface area contributed by atoms with Gasteiger partial charge in [-0.15, -0.1) is 0 Å². The summed E-state index contributed by atoms with van der Waals surface area (Å²) in [7, 11) is 0.